The van der Waals surface area contributed by atoms with E-state index in [9.17, 15) is 22.4 Å². The molecule has 0 fully saturated rings. The van der Waals surface area contributed by atoms with Gasteiger partial charge in [0.25, 0.3) is 5.91 Å². The maximum Gasteiger partial charge on any atom is 0.412 e. The van der Waals surface area contributed by atoms with Crippen LogP contribution in [0, 0.1) is 5.82 Å². The molecule has 1 aromatic heterocycles. The largest absolute Gasteiger partial charge is 0.457 e. The van der Waals surface area contributed by atoms with E-state index in [2.05, 4.69) is 4.98 Å². The highest BCUT2D eigenvalue weighted by atomic mass is 19.4. The fourth-order valence-electron chi connectivity index (χ4n) is 2.47. The number of alkyl halides is 3. The summed E-state index contributed by atoms with van der Waals surface area (Å²) in [5.41, 5.74) is -0.283. The lowest BCUT2D eigenvalue weighted by Gasteiger charge is -2.22. The van der Waals surface area contributed by atoms with E-state index >= 15 is 0 Å². The van der Waals surface area contributed by atoms with Crippen LogP contribution in [0.1, 0.15) is 22.0 Å². The maximum absolute atomic E-state index is 13.4. The smallest absolute Gasteiger partial charge is 0.412 e. The van der Waals surface area contributed by atoms with E-state index in [0.717, 1.165) is 24.3 Å². The first-order chi connectivity index (χ1) is 13.3. The molecule has 0 aliphatic heterocycles. The minimum absolute atomic E-state index is 0.0112. The first-order valence-electron chi connectivity index (χ1n) is 8.14. The van der Waals surface area contributed by atoms with Gasteiger partial charge in [0.1, 0.15) is 17.3 Å². The highest BCUT2D eigenvalue weighted by molar-refractivity contribution is 5.94. The monoisotopic (exact) mass is 390 g/mol. The number of halogens is 4. The number of nitrogens with one attached hydrogen (secondary N) is 1. The number of amides is 1. The van der Waals surface area contributed by atoms with E-state index in [1.54, 1.807) is 18.2 Å². The number of aromatic nitrogens is 1. The van der Waals surface area contributed by atoms with E-state index in [4.69, 9.17) is 4.74 Å². The molecule has 0 aliphatic carbocycles. The summed E-state index contributed by atoms with van der Waals surface area (Å²) in [7, 11) is 0. The van der Waals surface area contributed by atoms with Crippen molar-refractivity contribution < 1.29 is 27.1 Å². The lowest BCUT2D eigenvalue weighted by molar-refractivity contribution is -0.155. The van der Waals surface area contributed by atoms with Crippen LogP contribution in [0.25, 0.3) is 0 Å². The van der Waals surface area contributed by atoms with Gasteiger partial charge < -0.3 is 10.1 Å². The second kappa shape index (κ2) is 8.08. The molecule has 28 heavy (non-hydrogen) atoms. The van der Waals surface area contributed by atoms with E-state index in [0.29, 0.717) is 5.75 Å². The molecule has 3 rings (SSSR count). The van der Waals surface area contributed by atoms with E-state index < -0.39 is 23.9 Å². The summed E-state index contributed by atoms with van der Waals surface area (Å²) in [6.07, 6.45) is -1.72. The van der Waals surface area contributed by atoms with Gasteiger partial charge in [0, 0.05) is 18.0 Å². The van der Waals surface area contributed by atoms with Crippen molar-refractivity contribution in [2.75, 3.05) is 0 Å². The number of carbonyl (C=O) groups is 1. The zero-order valence-corrected chi connectivity index (χ0v) is 14.3. The van der Waals surface area contributed by atoms with Crippen molar-refractivity contribution in [1.29, 1.82) is 0 Å². The van der Waals surface area contributed by atoms with Gasteiger partial charge in [-0.15, -0.1) is 0 Å². The van der Waals surface area contributed by atoms with Crippen molar-refractivity contribution in [1.82, 2.24) is 10.3 Å². The molecule has 1 atom stereocenters. The molecule has 1 N–H and O–H groups in total. The number of hydrogen-bond acceptors (Lipinski definition) is 3. The van der Waals surface area contributed by atoms with Gasteiger partial charge >= 0.3 is 6.18 Å². The normalized spacial score (nSPS) is 12.3. The zero-order valence-electron chi connectivity index (χ0n) is 14.3. The number of rotatable bonds is 5. The topological polar surface area (TPSA) is 51.2 Å². The minimum atomic E-state index is -4.75. The third kappa shape index (κ3) is 4.85. The fourth-order valence-corrected chi connectivity index (χ4v) is 2.47. The predicted molar refractivity (Wildman–Crippen MR) is 93.4 cm³/mol. The summed E-state index contributed by atoms with van der Waals surface area (Å²) >= 11 is 0. The van der Waals surface area contributed by atoms with Gasteiger partial charge in [0.05, 0.1) is 0 Å². The number of benzene rings is 2. The second-order valence-electron chi connectivity index (χ2n) is 5.81. The van der Waals surface area contributed by atoms with Crippen LogP contribution in [-0.2, 0) is 0 Å². The van der Waals surface area contributed by atoms with Crippen molar-refractivity contribution in [3.8, 4) is 11.5 Å². The summed E-state index contributed by atoms with van der Waals surface area (Å²) in [5.74, 6) is -0.861. The van der Waals surface area contributed by atoms with Gasteiger partial charge in [-0.2, -0.15) is 13.2 Å². The summed E-state index contributed by atoms with van der Waals surface area (Å²) < 4.78 is 58.8. The molecule has 0 spiro atoms. The Balaban J connectivity index is 1.80. The maximum atomic E-state index is 13.4. The Morgan fingerprint density at radius 1 is 0.964 bits per heavy atom. The van der Waals surface area contributed by atoms with Gasteiger partial charge in [0.15, 0.2) is 6.04 Å². The molecule has 0 radical (unpaired) electrons. The van der Waals surface area contributed by atoms with Crippen molar-refractivity contribution in [2.45, 2.75) is 12.2 Å². The summed E-state index contributed by atoms with van der Waals surface area (Å²) in [6, 6.07) is 10.5. The molecule has 0 saturated carbocycles. The van der Waals surface area contributed by atoms with E-state index in [-0.39, 0.29) is 16.9 Å². The van der Waals surface area contributed by atoms with Crippen molar-refractivity contribution in [2.24, 2.45) is 0 Å². The van der Waals surface area contributed by atoms with Crippen LogP contribution in [-0.4, -0.2) is 17.1 Å². The lowest BCUT2D eigenvalue weighted by Crippen LogP contribution is -2.38. The molecular weight excluding hydrogens is 376 g/mol. The van der Waals surface area contributed by atoms with Crippen LogP contribution in [0.5, 0.6) is 11.5 Å². The number of nitrogens with zero attached hydrogens (tertiary/aromatic N) is 1. The van der Waals surface area contributed by atoms with Crippen LogP contribution < -0.4 is 10.1 Å². The number of carbonyl (C=O) groups excluding carboxylic acids is 1. The average Bonchev–Trinajstić information content (AvgIpc) is 2.67. The Bertz CT molecular complexity index is 944. The highest BCUT2D eigenvalue weighted by Crippen LogP contribution is 2.33. The molecule has 1 amide bonds. The average molecular weight is 390 g/mol. The molecule has 3 aromatic rings. The van der Waals surface area contributed by atoms with Gasteiger partial charge in [0.2, 0.25) is 0 Å². The van der Waals surface area contributed by atoms with Gasteiger partial charge in [-0.05, 0) is 48.0 Å². The molecule has 2 aromatic carbocycles. The molecule has 144 valence electrons. The molecule has 1 unspecified atom stereocenters. The number of hydrogen-bond donors (Lipinski definition) is 1. The molecule has 0 bridgehead atoms. The quantitative estimate of drug-likeness (QED) is 0.621. The number of ether oxygens (including phenoxy) is 1. The second-order valence-corrected chi connectivity index (χ2v) is 5.81. The lowest BCUT2D eigenvalue weighted by atomic mass is 10.1. The molecule has 1 heterocycles. The molecule has 0 saturated heterocycles. The summed E-state index contributed by atoms with van der Waals surface area (Å²) in [5, 5.41) is 1.95. The van der Waals surface area contributed by atoms with Crippen molar-refractivity contribution >= 4 is 5.91 Å². The van der Waals surface area contributed by atoms with Gasteiger partial charge in [-0.25, -0.2) is 4.39 Å². The Labute approximate surface area is 157 Å². The Morgan fingerprint density at radius 2 is 1.64 bits per heavy atom. The van der Waals surface area contributed by atoms with Crippen LogP contribution in [0.3, 0.4) is 0 Å². The number of pyridine rings is 1. The first kappa shape index (κ1) is 19.3. The van der Waals surface area contributed by atoms with Crippen LogP contribution >= 0.6 is 0 Å². The van der Waals surface area contributed by atoms with Crippen molar-refractivity contribution in [3.05, 3.63) is 90.0 Å². The van der Waals surface area contributed by atoms with E-state index in [1.165, 1.54) is 30.6 Å². The summed E-state index contributed by atoms with van der Waals surface area (Å²) in [4.78, 5) is 16.2. The standard InChI is InChI=1S/C20H14F4N2O2/c21-15-6-4-13(5-7-15)18(20(22,23)24)26-19(27)14-2-1-3-17(12-14)28-16-8-10-25-11-9-16/h1-12,18H,(H,26,27). The van der Waals surface area contributed by atoms with Crippen LogP contribution in [0.4, 0.5) is 17.6 Å². The van der Waals surface area contributed by atoms with Crippen LogP contribution in [0.2, 0.25) is 0 Å². The predicted octanol–water partition coefficient (Wildman–Crippen LogP) is 5.05. The SMILES string of the molecule is O=C(NC(c1ccc(F)cc1)C(F)(F)F)c1cccc(Oc2ccncc2)c1. The zero-order chi connectivity index (χ0) is 20.1. The van der Waals surface area contributed by atoms with Crippen LogP contribution in [0.15, 0.2) is 73.1 Å². The summed E-state index contributed by atoms with van der Waals surface area (Å²) in [6.45, 7) is 0. The van der Waals surface area contributed by atoms with Gasteiger partial charge in [-0.3, -0.25) is 9.78 Å². The Morgan fingerprint density at radius 3 is 2.29 bits per heavy atom. The molecular formula is C20H14F4N2O2. The Hall–Kier alpha value is -3.42. The molecule has 8 heteroatoms. The van der Waals surface area contributed by atoms with Gasteiger partial charge in [-0.1, -0.05) is 18.2 Å². The van der Waals surface area contributed by atoms with Crippen molar-refractivity contribution in [3.63, 3.8) is 0 Å². The third-order valence-electron chi connectivity index (χ3n) is 3.79. The highest BCUT2D eigenvalue weighted by Gasteiger charge is 2.42. The first-order valence-corrected chi connectivity index (χ1v) is 8.14. The molecule has 0 aliphatic rings. The Kier molecular flexibility index (Phi) is 5.58. The van der Waals surface area contributed by atoms with E-state index in [1.807, 2.05) is 5.32 Å². The fraction of sp³-hybridized carbons (Fsp3) is 0.100. The minimum Gasteiger partial charge on any atom is -0.457 e. The molecule has 4 nitrogen and oxygen atoms in total. The third-order valence-corrected chi connectivity index (χ3v) is 3.79.